The van der Waals surface area contributed by atoms with Crippen LogP contribution in [0.15, 0.2) is 12.1 Å². The van der Waals surface area contributed by atoms with E-state index in [4.69, 9.17) is 0 Å². The van der Waals surface area contributed by atoms with Gasteiger partial charge in [-0.05, 0) is 32.8 Å². The fourth-order valence-corrected chi connectivity index (χ4v) is 2.99. The molecule has 3 rings (SSSR count). The second-order valence-electron chi connectivity index (χ2n) is 6.34. The van der Waals surface area contributed by atoms with E-state index in [2.05, 4.69) is 25.3 Å². The van der Waals surface area contributed by atoms with Crippen molar-refractivity contribution in [3.05, 3.63) is 29.2 Å². The lowest BCUT2D eigenvalue weighted by atomic mass is 10.2. The van der Waals surface area contributed by atoms with Crippen molar-refractivity contribution in [1.29, 1.82) is 0 Å². The molecule has 0 radical (unpaired) electrons. The Morgan fingerprint density at radius 2 is 1.75 bits per heavy atom. The van der Waals surface area contributed by atoms with Crippen LogP contribution in [0.25, 0.3) is 0 Å². The Labute approximate surface area is 142 Å². The Kier molecular flexibility index (Phi) is 4.78. The monoisotopic (exact) mass is 328 g/mol. The van der Waals surface area contributed by atoms with Gasteiger partial charge in [0, 0.05) is 31.9 Å². The van der Waals surface area contributed by atoms with Crippen LogP contribution >= 0.6 is 0 Å². The van der Waals surface area contributed by atoms with Crippen LogP contribution in [0.4, 0.5) is 11.8 Å². The first-order valence-corrected chi connectivity index (χ1v) is 8.45. The molecule has 1 fully saturated rings. The highest BCUT2D eigenvalue weighted by molar-refractivity contribution is 6.02. The van der Waals surface area contributed by atoms with E-state index in [-0.39, 0.29) is 5.91 Å². The maximum absolute atomic E-state index is 12.6. The van der Waals surface area contributed by atoms with E-state index in [1.54, 1.807) is 17.8 Å². The molecular weight excluding hydrogens is 304 g/mol. The van der Waals surface area contributed by atoms with Crippen molar-refractivity contribution < 1.29 is 4.79 Å². The summed E-state index contributed by atoms with van der Waals surface area (Å²) in [4.78, 5) is 23.8. The average Bonchev–Trinajstić information content (AvgIpc) is 2.75. The van der Waals surface area contributed by atoms with E-state index in [1.807, 2.05) is 19.9 Å². The van der Waals surface area contributed by atoms with Gasteiger partial charge in [0.2, 0.25) is 5.95 Å². The first-order chi connectivity index (χ1) is 11.5. The molecule has 3 heterocycles. The maximum atomic E-state index is 12.6. The van der Waals surface area contributed by atoms with Crippen molar-refractivity contribution in [3.63, 3.8) is 0 Å². The Morgan fingerprint density at radius 3 is 2.38 bits per heavy atom. The summed E-state index contributed by atoms with van der Waals surface area (Å²) in [6, 6.07) is 3.56. The fourth-order valence-electron chi connectivity index (χ4n) is 2.99. The predicted octanol–water partition coefficient (Wildman–Crippen LogP) is 2.46. The number of nitrogens with zero attached hydrogens (tertiary/aromatic N) is 5. The molecule has 128 valence electrons. The average molecular weight is 328 g/mol. The van der Waals surface area contributed by atoms with Crippen LogP contribution in [0.2, 0.25) is 0 Å². The number of aryl methyl sites for hydroxylation is 3. The fraction of sp³-hybridized carbons (Fsp3) is 0.529. The van der Waals surface area contributed by atoms with Gasteiger partial charge in [-0.15, -0.1) is 0 Å². The lowest BCUT2D eigenvalue weighted by Gasteiger charge is -2.20. The van der Waals surface area contributed by atoms with Crippen LogP contribution < -0.4 is 10.2 Å². The Morgan fingerprint density at radius 1 is 1.04 bits per heavy atom. The van der Waals surface area contributed by atoms with Gasteiger partial charge in [0.25, 0.3) is 5.91 Å². The molecule has 1 amide bonds. The number of carbonyl (C=O) groups excluding carboxylic acids is 1. The highest BCUT2D eigenvalue weighted by Gasteiger charge is 2.17. The molecule has 1 N–H and O–H groups in total. The molecule has 0 aromatic carbocycles. The summed E-state index contributed by atoms with van der Waals surface area (Å²) in [6.07, 6.45) is 4.78. The molecule has 0 aliphatic carbocycles. The van der Waals surface area contributed by atoms with E-state index in [9.17, 15) is 4.79 Å². The van der Waals surface area contributed by atoms with Gasteiger partial charge < -0.3 is 10.2 Å². The van der Waals surface area contributed by atoms with Crippen LogP contribution in [-0.2, 0) is 7.05 Å². The second-order valence-corrected chi connectivity index (χ2v) is 6.34. The van der Waals surface area contributed by atoms with Gasteiger partial charge in [-0.25, -0.2) is 9.97 Å². The molecule has 0 unspecified atom stereocenters. The van der Waals surface area contributed by atoms with Crippen LogP contribution in [-0.4, -0.2) is 38.7 Å². The first kappa shape index (κ1) is 16.4. The van der Waals surface area contributed by atoms with Gasteiger partial charge in [-0.2, -0.15) is 5.10 Å². The second kappa shape index (κ2) is 6.98. The zero-order chi connectivity index (χ0) is 17.1. The van der Waals surface area contributed by atoms with Gasteiger partial charge in [-0.3, -0.25) is 9.48 Å². The van der Waals surface area contributed by atoms with Crippen molar-refractivity contribution in [2.24, 2.45) is 7.05 Å². The number of aromatic nitrogens is 4. The summed E-state index contributed by atoms with van der Waals surface area (Å²) in [7, 11) is 1.80. The smallest absolute Gasteiger partial charge is 0.275 e. The van der Waals surface area contributed by atoms with Crippen molar-refractivity contribution in [2.75, 3.05) is 23.3 Å². The summed E-state index contributed by atoms with van der Waals surface area (Å²) >= 11 is 0. The van der Waals surface area contributed by atoms with E-state index in [0.29, 0.717) is 17.5 Å². The summed E-state index contributed by atoms with van der Waals surface area (Å²) in [5.41, 5.74) is 2.05. The summed E-state index contributed by atoms with van der Waals surface area (Å²) in [5, 5.41) is 7.11. The molecule has 1 aliphatic rings. The minimum Gasteiger partial charge on any atom is -0.341 e. The van der Waals surface area contributed by atoms with Crippen LogP contribution in [0.1, 0.15) is 47.6 Å². The Hall–Kier alpha value is -2.44. The third kappa shape index (κ3) is 3.72. The van der Waals surface area contributed by atoms with Crippen molar-refractivity contribution in [1.82, 2.24) is 19.7 Å². The molecule has 7 heteroatoms. The molecule has 7 nitrogen and oxygen atoms in total. The van der Waals surface area contributed by atoms with Gasteiger partial charge in [0.15, 0.2) is 0 Å². The zero-order valence-corrected chi connectivity index (χ0v) is 14.5. The van der Waals surface area contributed by atoms with Crippen LogP contribution in [0, 0.1) is 13.8 Å². The largest absolute Gasteiger partial charge is 0.341 e. The molecule has 1 saturated heterocycles. The molecule has 2 aromatic rings. The number of rotatable bonds is 3. The Bertz CT molecular complexity index is 731. The van der Waals surface area contributed by atoms with Gasteiger partial charge >= 0.3 is 0 Å². The highest BCUT2D eigenvalue weighted by Crippen LogP contribution is 2.17. The Balaban J connectivity index is 1.82. The molecule has 0 atom stereocenters. The van der Waals surface area contributed by atoms with Gasteiger partial charge in [0.05, 0.1) is 5.69 Å². The number of anilines is 2. The molecule has 0 bridgehead atoms. The molecule has 1 aliphatic heterocycles. The lowest BCUT2D eigenvalue weighted by Crippen LogP contribution is -2.27. The van der Waals surface area contributed by atoms with Crippen LogP contribution in [0.3, 0.4) is 0 Å². The number of carbonyl (C=O) groups is 1. The summed E-state index contributed by atoms with van der Waals surface area (Å²) < 4.78 is 1.65. The third-order valence-corrected chi connectivity index (χ3v) is 4.21. The van der Waals surface area contributed by atoms with Crippen molar-refractivity contribution in [3.8, 4) is 0 Å². The van der Waals surface area contributed by atoms with E-state index < -0.39 is 0 Å². The van der Waals surface area contributed by atoms with Gasteiger partial charge in [-0.1, -0.05) is 12.8 Å². The van der Waals surface area contributed by atoms with Crippen molar-refractivity contribution in [2.45, 2.75) is 39.5 Å². The SMILES string of the molecule is Cc1cc(C(=O)Nc2cc(C)nn2C)nc(N2CCCCCC2)n1. The summed E-state index contributed by atoms with van der Waals surface area (Å²) in [6.45, 7) is 5.69. The number of hydrogen-bond acceptors (Lipinski definition) is 5. The van der Waals surface area contributed by atoms with E-state index in [1.165, 1.54) is 12.8 Å². The maximum Gasteiger partial charge on any atom is 0.275 e. The molecule has 0 saturated carbocycles. The predicted molar refractivity (Wildman–Crippen MR) is 93.3 cm³/mol. The molecule has 2 aromatic heterocycles. The van der Waals surface area contributed by atoms with Crippen LogP contribution in [0.5, 0.6) is 0 Å². The number of hydrogen-bond donors (Lipinski definition) is 1. The van der Waals surface area contributed by atoms with E-state index >= 15 is 0 Å². The summed E-state index contributed by atoms with van der Waals surface area (Å²) in [5.74, 6) is 1.08. The zero-order valence-electron chi connectivity index (χ0n) is 14.5. The lowest BCUT2D eigenvalue weighted by molar-refractivity contribution is 0.102. The molecule has 0 spiro atoms. The first-order valence-electron chi connectivity index (χ1n) is 8.45. The molecular formula is C17H24N6O. The highest BCUT2D eigenvalue weighted by atomic mass is 16.2. The minimum absolute atomic E-state index is 0.237. The van der Waals surface area contributed by atoms with Gasteiger partial charge in [0.1, 0.15) is 11.5 Å². The standard InChI is InChI=1S/C17H24N6O/c1-12-10-14(16(24)20-15-11-13(2)21-22(15)3)19-17(18-12)23-8-6-4-5-7-9-23/h10-11H,4-9H2,1-3H3,(H,20,24). The topological polar surface area (TPSA) is 75.9 Å². The molecule has 24 heavy (non-hydrogen) atoms. The van der Waals surface area contributed by atoms with Crippen molar-refractivity contribution >= 4 is 17.7 Å². The minimum atomic E-state index is -0.237. The number of amides is 1. The quantitative estimate of drug-likeness (QED) is 0.936. The number of nitrogens with one attached hydrogen (secondary N) is 1. The normalized spacial score (nSPS) is 15.2. The van der Waals surface area contributed by atoms with E-state index in [0.717, 1.165) is 37.3 Å². The third-order valence-electron chi connectivity index (χ3n) is 4.21.